The maximum atomic E-state index is 12.4. The van der Waals surface area contributed by atoms with E-state index < -0.39 is 4.92 Å². The van der Waals surface area contributed by atoms with Gasteiger partial charge < -0.3 is 10.6 Å². The standard InChI is InChI=1S/C15H21N3O3S.ClH/c1-11-6-7-17(13(8-11)9-16)15(19)10-22-14-4-2-12(3-5-14)18(20)21;/h2-5,11,13H,6-10,16H2,1H3;1H. The summed E-state index contributed by atoms with van der Waals surface area (Å²) in [5.74, 6) is 1.04. The molecule has 2 atom stereocenters. The third-order valence-electron chi connectivity index (χ3n) is 3.98. The largest absolute Gasteiger partial charge is 0.338 e. The molecule has 1 aliphatic rings. The Balaban J connectivity index is 0.00000264. The molecule has 6 nitrogen and oxygen atoms in total. The van der Waals surface area contributed by atoms with Gasteiger partial charge in [0.1, 0.15) is 0 Å². The zero-order valence-corrected chi connectivity index (χ0v) is 14.6. The molecule has 0 aliphatic carbocycles. The molecule has 128 valence electrons. The Morgan fingerprint density at radius 1 is 1.43 bits per heavy atom. The Labute approximate surface area is 146 Å². The molecule has 0 saturated carbocycles. The molecule has 0 spiro atoms. The number of nitro groups is 1. The van der Waals surface area contributed by atoms with Crippen LogP contribution in [0.4, 0.5) is 5.69 Å². The summed E-state index contributed by atoms with van der Waals surface area (Å²) in [6.45, 7) is 3.46. The van der Waals surface area contributed by atoms with E-state index in [1.54, 1.807) is 12.1 Å². The Morgan fingerprint density at radius 3 is 2.65 bits per heavy atom. The Bertz CT molecular complexity index is 541. The van der Waals surface area contributed by atoms with Gasteiger partial charge in [-0.15, -0.1) is 24.2 Å². The number of carbonyl (C=O) groups is 1. The van der Waals surface area contributed by atoms with Crippen molar-refractivity contribution in [2.75, 3.05) is 18.8 Å². The third-order valence-corrected chi connectivity index (χ3v) is 4.98. The van der Waals surface area contributed by atoms with Crippen molar-refractivity contribution in [1.82, 2.24) is 4.90 Å². The number of hydrogen-bond donors (Lipinski definition) is 1. The number of rotatable bonds is 5. The molecule has 1 fully saturated rings. The van der Waals surface area contributed by atoms with E-state index in [9.17, 15) is 14.9 Å². The van der Waals surface area contributed by atoms with Crippen molar-refractivity contribution in [3.05, 3.63) is 34.4 Å². The maximum absolute atomic E-state index is 12.4. The number of amides is 1. The van der Waals surface area contributed by atoms with Crippen molar-refractivity contribution in [3.8, 4) is 0 Å². The van der Waals surface area contributed by atoms with Gasteiger partial charge >= 0.3 is 0 Å². The van der Waals surface area contributed by atoms with Gasteiger partial charge in [0.05, 0.1) is 10.7 Å². The summed E-state index contributed by atoms with van der Waals surface area (Å²) in [5.41, 5.74) is 5.84. The van der Waals surface area contributed by atoms with Crippen molar-refractivity contribution >= 4 is 35.8 Å². The lowest BCUT2D eigenvalue weighted by Gasteiger charge is -2.38. The normalized spacial score (nSPS) is 20.7. The molecule has 2 rings (SSSR count). The Kier molecular flexibility index (Phi) is 7.81. The molecule has 0 aromatic heterocycles. The molecule has 1 saturated heterocycles. The van der Waals surface area contributed by atoms with Crippen molar-refractivity contribution < 1.29 is 9.72 Å². The topological polar surface area (TPSA) is 89.5 Å². The smallest absolute Gasteiger partial charge is 0.269 e. The van der Waals surface area contributed by atoms with Crippen LogP contribution in [0, 0.1) is 16.0 Å². The minimum Gasteiger partial charge on any atom is -0.338 e. The van der Waals surface area contributed by atoms with E-state index in [0.29, 0.717) is 18.2 Å². The number of hydrogen-bond acceptors (Lipinski definition) is 5. The molecule has 1 amide bonds. The van der Waals surface area contributed by atoms with Gasteiger partial charge in [-0.2, -0.15) is 0 Å². The van der Waals surface area contributed by atoms with Crippen LogP contribution in [0.25, 0.3) is 0 Å². The molecule has 1 aliphatic heterocycles. The Hall–Kier alpha value is -1.31. The quantitative estimate of drug-likeness (QED) is 0.496. The number of non-ortho nitro benzene ring substituents is 1. The molecule has 1 aromatic rings. The predicted octanol–water partition coefficient (Wildman–Crippen LogP) is 2.69. The zero-order valence-electron chi connectivity index (χ0n) is 13.0. The van der Waals surface area contributed by atoms with Crippen LogP contribution >= 0.6 is 24.2 Å². The van der Waals surface area contributed by atoms with E-state index in [4.69, 9.17) is 5.73 Å². The second kappa shape index (κ2) is 9.10. The zero-order chi connectivity index (χ0) is 16.1. The predicted molar refractivity (Wildman–Crippen MR) is 94.0 cm³/mol. The summed E-state index contributed by atoms with van der Waals surface area (Å²) in [5, 5.41) is 10.6. The molecule has 0 bridgehead atoms. The minimum atomic E-state index is -0.430. The molecule has 1 aromatic carbocycles. The fourth-order valence-corrected chi connectivity index (χ4v) is 3.48. The maximum Gasteiger partial charge on any atom is 0.269 e. The molecule has 2 N–H and O–H groups in total. The fourth-order valence-electron chi connectivity index (χ4n) is 2.70. The van der Waals surface area contributed by atoms with Crippen LogP contribution in [-0.2, 0) is 4.79 Å². The van der Waals surface area contributed by atoms with Gasteiger partial charge in [-0.05, 0) is 30.9 Å². The summed E-state index contributed by atoms with van der Waals surface area (Å²) in [6.07, 6.45) is 1.98. The average molecular weight is 360 g/mol. The number of likely N-dealkylation sites (tertiary alicyclic amines) is 1. The van der Waals surface area contributed by atoms with Gasteiger partial charge in [0.2, 0.25) is 5.91 Å². The first-order valence-corrected chi connectivity index (χ1v) is 8.36. The van der Waals surface area contributed by atoms with Gasteiger partial charge in [0, 0.05) is 36.2 Å². The molecule has 2 unspecified atom stereocenters. The van der Waals surface area contributed by atoms with E-state index in [2.05, 4.69) is 6.92 Å². The first kappa shape index (κ1) is 19.7. The van der Waals surface area contributed by atoms with Crippen LogP contribution in [-0.4, -0.2) is 40.6 Å². The van der Waals surface area contributed by atoms with Crippen LogP contribution in [0.2, 0.25) is 0 Å². The molecule has 0 radical (unpaired) electrons. The SMILES string of the molecule is CC1CCN(C(=O)CSc2ccc([N+](=O)[O-])cc2)C(CN)C1.Cl. The van der Waals surface area contributed by atoms with Crippen LogP contribution < -0.4 is 5.73 Å². The number of thioether (sulfide) groups is 1. The molecule has 23 heavy (non-hydrogen) atoms. The fraction of sp³-hybridized carbons (Fsp3) is 0.533. The monoisotopic (exact) mass is 359 g/mol. The van der Waals surface area contributed by atoms with Crippen molar-refractivity contribution in [3.63, 3.8) is 0 Å². The van der Waals surface area contributed by atoms with Crippen LogP contribution in [0.3, 0.4) is 0 Å². The summed E-state index contributed by atoms with van der Waals surface area (Å²) in [4.78, 5) is 25.3. The lowest BCUT2D eigenvalue weighted by Crippen LogP contribution is -2.49. The molecule has 1 heterocycles. The molecular formula is C15H22ClN3O3S. The highest BCUT2D eigenvalue weighted by molar-refractivity contribution is 8.00. The molecule has 8 heteroatoms. The highest BCUT2D eigenvalue weighted by Gasteiger charge is 2.28. The van der Waals surface area contributed by atoms with E-state index in [1.807, 2.05) is 4.90 Å². The lowest BCUT2D eigenvalue weighted by atomic mass is 9.92. The van der Waals surface area contributed by atoms with Gasteiger partial charge in [0.15, 0.2) is 0 Å². The van der Waals surface area contributed by atoms with Gasteiger partial charge in [-0.25, -0.2) is 0 Å². The van der Waals surface area contributed by atoms with Crippen molar-refractivity contribution in [1.29, 1.82) is 0 Å². The first-order valence-electron chi connectivity index (χ1n) is 7.38. The van der Waals surface area contributed by atoms with Gasteiger partial charge in [-0.1, -0.05) is 6.92 Å². The highest BCUT2D eigenvalue weighted by atomic mass is 35.5. The summed E-state index contributed by atoms with van der Waals surface area (Å²) < 4.78 is 0. The van der Waals surface area contributed by atoms with Crippen LogP contribution in [0.1, 0.15) is 19.8 Å². The van der Waals surface area contributed by atoms with Crippen LogP contribution in [0.5, 0.6) is 0 Å². The van der Waals surface area contributed by atoms with Crippen LogP contribution in [0.15, 0.2) is 29.2 Å². The Morgan fingerprint density at radius 2 is 2.09 bits per heavy atom. The number of nitro benzene ring substituents is 1. The summed E-state index contributed by atoms with van der Waals surface area (Å²) in [6, 6.07) is 6.40. The third kappa shape index (κ3) is 5.37. The summed E-state index contributed by atoms with van der Waals surface area (Å²) >= 11 is 1.40. The second-order valence-corrected chi connectivity index (χ2v) is 6.69. The van der Waals surface area contributed by atoms with Gasteiger partial charge in [0.25, 0.3) is 5.69 Å². The minimum absolute atomic E-state index is 0. The van der Waals surface area contributed by atoms with E-state index in [1.165, 1.54) is 23.9 Å². The first-order chi connectivity index (χ1) is 10.5. The molecular weight excluding hydrogens is 338 g/mol. The van der Waals surface area contributed by atoms with E-state index in [-0.39, 0.29) is 30.0 Å². The number of halogens is 1. The highest BCUT2D eigenvalue weighted by Crippen LogP contribution is 2.25. The van der Waals surface area contributed by atoms with Gasteiger partial charge in [-0.3, -0.25) is 14.9 Å². The number of nitrogens with two attached hydrogens (primary N) is 1. The second-order valence-electron chi connectivity index (χ2n) is 5.65. The average Bonchev–Trinajstić information content (AvgIpc) is 2.52. The number of piperidine rings is 1. The number of carbonyl (C=O) groups excluding carboxylic acids is 1. The van der Waals surface area contributed by atoms with Crippen molar-refractivity contribution in [2.45, 2.75) is 30.7 Å². The van der Waals surface area contributed by atoms with Crippen molar-refractivity contribution in [2.24, 2.45) is 11.7 Å². The summed E-state index contributed by atoms with van der Waals surface area (Å²) in [7, 11) is 0. The number of benzene rings is 1. The number of nitrogens with zero attached hydrogens (tertiary/aromatic N) is 2. The van der Waals surface area contributed by atoms with E-state index in [0.717, 1.165) is 24.3 Å². The van der Waals surface area contributed by atoms with E-state index >= 15 is 0 Å². The lowest BCUT2D eigenvalue weighted by molar-refractivity contribution is -0.384.